The first-order valence-corrected chi connectivity index (χ1v) is 24.7. The molecule has 5 aromatic carbocycles. The molecule has 0 amide bonds. The van der Waals surface area contributed by atoms with Crippen molar-refractivity contribution in [3.8, 4) is 5.75 Å². The van der Waals surface area contributed by atoms with Gasteiger partial charge in [0, 0.05) is 63.9 Å². The molecule has 0 bridgehead atoms. The van der Waals surface area contributed by atoms with Crippen molar-refractivity contribution in [2.75, 3.05) is 4.90 Å². The molecule has 0 saturated carbocycles. The van der Waals surface area contributed by atoms with E-state index in [4.69, 9.17) is 4.74 Å². The van der Waals surface area contributed by atoms with Crippen molar-refractivity contribution in [3.05, 3.63) is 220 Å². The first-order chi connectivity index (χ1) is 32.1. The van der Waals surface area contributed by atoms with Gasteiger partial charge in [0.1, 0.15) is 11.9 Å². The Morgan fingerprint density at radius 1 is 0.708 bits per heavy atom. The smallest absolute Gasteiger partial charge is 0.127 e. The summed E-state index contributed by atoms with van der Waals surface area (Å²) in [6.07, 6.45) is 31.0. The van der Waals surface area contributed by atoms with Crippen LogP contribution in [0.25, 0.3) is 28.1 Å². The van der Waals surface area contributed by atoms with Crippen LogP contribution in [-0.2, 0) is 11.8 Å². The third-order valence-corrected chi connectivity index (χ3v) is 16.5. The Morgan fingerprint density at radius 2 is 1.54 bits per heavy atom. The van der Waals surface area contributed by atoms with E-state index in [2.05, 4.69) is 192 Å². The van der Waals surface area contributed by atoms with E-state index in [9.17, 15) is 0 Å². The van der Waals surface area contributed by atoms with E-state index in [0.29, 0.717) is 23.9 Å². The number of rotatable bonds is 7. The van der Waals surface area contributed by atoms with Crippen LogP contribution in [0.5, 0.6) is 5.75 Å². The fourth-order valence-electron chi connectivity index (χ4n) is 13.7. The van der Waals surface area contributed by atoms with Crippen molar-refractivity contribution in [1.82, 2.24) is 4.57 Å². The molecule has 7 aliphatic rings. The third kappa shape index (κ3) is 6.14. The number of aromatic nitrogens is 1. The lowest BCUT2D eigenvalue weighted by atomic mass is 9.64. The van der Waals surface area contributed by atoms with Crippen molar-refractivity contribution in [2.45, 2.75) is 107 Å². The summed E-state index contributed by atoms with van der Waals surface area (Å²) in [6, 6.07) is 49.5. The van der Waals surface area contributed by atoms with E-state index in [1.54, 1.807) is 5.57 Å². The molecule has 0 radical (unpaired) electrons. The van der Waals surface area contributed by atoms with Gasteiger partial charge in [0.25, 0.3) is 0 Å². The number of nitrogens with zero attached hydrogens (tertiary/aromatic N) is 2. The van der Waals surface area contributed by atoms with Gasteiger partial charge in [0.05, 0.1) is 5.41 Å². The highest BCUT2D eigenvalue weighted by Crippen LogP contribution is 2.61. The van der Waals surface area contributed by atoms with Gasteiger partial charge in [-0.05, 0) is 139 Å². The Hall–Kier alpha value is -6.32. The lowest BCUT2D eigenvalue weighted by Crippen LogP contribution is -2.47. The van der Waals surface area contributed by atoms with Crippen LogP contribution >= 0.6 is 0 Å². The molecule has 1 aromatic heterocycles. The molecule has 3 nitrogen and oxygen atoms in total. The predicted octanol–water partition coefficient (Wildman–Crippen LogP) is 14.9. The topological polar surface area (TPSA) is 17.4 Å². The maximum atomic E-state index is 6.77. The minimum Gasteiger partial charge on any atom is -0.485 e. The molecule has 1 aliphatic heterocycles. The van der Waals surface area contributed by atoms with Crippen LogP contribution in [0.1, 0.15) is 116 Å². The average Bonchev–Trinajstić information content (AvgIpc) is 4.00. The second-order valence-electron chi connectivity index (χ2n) is 19.9. The number of hydrogen-bond donors (Lipinski definition) is 0. The Bertz CT molecular complexity index is 3030. The molecule has 3 heteroatoms. The molecule has 6 aromatic rings. The molecule has 0 spiro atoms. The normalized spacial score (nSPS) is 27.3. The summed E-state index contributed by atoms with van der Waals surface area (Å²) in [5.41, 5.74) is 18.2. The number of benzene rings is 5. The molecule has 0 fully saturated rings. The minimum atomic E-state index is -0.317. The number of allylic oxidation sites excluding steroid dienone is 8. The van der Waals surface area contributed by atoms with Crippen LogP contribution < -0.4 is 9.64 Å². The first-order valence-electron chi connectivity index (χ1n) is 24.7. The highest BCUT2D eigenvalue weighted by Gasteiger charge is 2.53. The summed E-state index contributed by atoms with van der Waals surface area (Å²) in [6.45, 7) is 2.45. The van der Waals surface area contributed by atoms with Gasteiger partial charge in [0.15, 0.2) is 0 Å². The maximum Gasteiger partial charge on any atom is 0.127 e. The molecule has 65 heavy (non-hydrogen) atoms. The number of fused-ring (bicyclic) bond motifs is 9. The fraction of sp³-hybridized carbons (Fsp3) is 0.290. The van der Waals surface area contributed by atoms with E-state index in [1.165, 1.54) is 85.2 Å². The molecule has 0 saturated heterocycles. The zero-order valence-corrected chi connectivity index (χ0v) is 37.6. The lowest BCUT2D eigenvalue weighted by molar-refractivity contribution is 0.241. The van der Waals surface area contributed by atoms with Crippen LogP contribution in [0.2, 0.25) is 0 Å². The monoisotopic (exact) mass is 846 g/mol. The Kier molecular flexibility index (Phi) is 9.43. The SMILES string of the molecule is CC1Cc2c(c3ccccc3n2C2CC=CCC2)C=C1c1ccc(N(C2C=C3C(CC2)c2ccccc2C3(C2=CCCC=C2)c2ccccc2)C2CC=C3c4ccccc4OC3C2)cc1. The highest BCUT2D eigenvalue weighted by atomic mass is 16.5. The van der Waals surface area contributed by atoms with Gasteiger partial charge in [-0.3, -0.25) is 0 Å². The van der Waals surface area contributed by atoms with Crippen LogP contribution in [-0.4, -0.2) is 22.8 Å². The van der Waals surface area contributed by atoms with E-state index in [1.807, 2.05) is 0 Å². The Balaban J connectivity index is 0.922. The summed E-state index contributed by atoms with van der Waals surface area (Å²) >= 11 is 0. The number of hydrogen-bond acceptors (Lipinski definition) is 2. The number of para-hydroxylation sites is 2. The predicted molar refractivity (Wildman–Crippen MR) is 269 cm³/mol. The zero-order chi connectivity index (χ0) is 43.1. The fourth-order valence-corrected chi connectivity index (χ4v) is 13.7. The van der Waals surface area contributed by atoms with E-state index >= 15 is 0 Å². The largest absolute Gasteiger partial charge is 0.485 e. The third-order valence-electron chi connectivity index (χ3n) is 16.5. The summed E-state index contributed by atoms with van der Waals surface area (Å²) in [4.78, 5) is 2.83. The molecule has 13 rings (SSSR count). The van der Waals surface area contributed by atoms with Crippen molar-refractivity contribution in [1.29, 1.82) is 0 Å². The molecular weight excluding hydrogens is 789 g/mol. The quantitative estimate of drug-likeness (QED) is 0.149. The van der Waals surface area contributed by atoms with Crippen LogP contribution in [0, 0.1) is 5.92 Å². The van der Waals surface area contributed by atoms with Crippen LogP contribution in [0.3, 0.4) is 0 Å². The molecule has 7 atom stereocenters. The Labute approximate surface area is 384 Å². The van der Waals surface area contributed by atoms with Crippen LogP contribution in [0.15, 0.2) is 181 Å². The standard InChI is InChI=1S/C62H58N2O/c1-41-37-59-55(51-24-12-15-27-58(51)64(59)45-21-9-4-10-22-45)40-54(41)42-29-31-46(32-30-42)63(48-34-36-53-52-25-13-16-28-60(52)65-61(53)39-48)47-33-35-50-49-23-11-14-26-56(49)62(57(50)38-47,43-17-5-2-6-18-43)44-19-7-3-8-20-44/h2,4-7,9,11-20,23-32,36,38,40-41,45,47-48,50,61H,3,8,10,21-22,33-35,37,39H2,1H3. The first kappa shape index (κ1) is 39.1. The van der Waals surface area contributed by atoms with Crippen molar-refractivity contribution < 1.29 is 4.74 Å². The van der Waals surface area contributed by atoms with Crippen molar-refractivity contribution in [2.24, 2.45) is 5.92 Å². The summed E-state index contributed by atoms with van der Waals surface area (Å²) in [5, 5.41) is 1.40. The molecule has 2 heterocycles. The van der Waals surface area contributed by atoms with Gasteiger partial charge in [-0.25, -0.2) is 0 Å². The minimum absolute atomic E-state index is 0.0720. The van der Waals surface area contributed by atoms with E-state index < -0.39 is 0 Å². The van der Waals surface area contributed by atoms with Crippen LogP contribution in [0.4, 0.5) is 5.69 Å². The summed E-state index contributed by atoms with van der Waals surface area (Å²) in [7, 11) is 0. The van der Waals surface area contributed by atoms with Gasteiger partial charge < -0.3 is 14.2 Å². The Morgan fingerprint density at radius 3 is 2.40 bits per heavy atom. The van der Waals surface area contributed by atoms with E-state index in [0.717, 1.165) is 57.1 Å². The number of anilines is 1. The molecule has 322 valence electrons. The van der Waals surface area contributed by atoms with Crippen molar-refractivity contribution in [3.63, 3.8) is 0 Å². The molecule has 0 N–H and O–H groups in total. The van der Waals surface area contributed by atoms with Gasteiger partial charge in [-0.1, -0.05) is 153 Å². The summed E-state index contributed by atoms with van der Waals surface area (Å²) in [5.74, 6) is 1.84. The summed E-state index contributed by atoms with van der Waals surface area (Å²) < 4.78 is 9.49. The van der Waals surface area contributed by atoms with Gasteiger partial charge >= 0.3 is 0 Å². The second-order valence-corrected chi connectivity index (χ2v) is 19.9. The average molecular weight is 847 g/mol. The highest BCUT2D eigenvalue weighted by molar-refractivity contribution is 5.98. The maximum absolute atomic E-state index is 6.77. The van der Waals surface area contributed by atoms with E-state index in [-0.39, 0.29) is 17.6 Å². The second kappa shape index (κ2) is 15.7. The van der Waals surface area contributed by atoms with Gasteiger partial charge in [0.2, 0.25) is 0 Å². The van der Waals surface area contributed by atoms with Crippen molar-refractivity contribution >= 4 is 33.8 Å². The zero-order valence-electron chi connectivity index (χ0n) is 37.6. The lowest BCUT2D eigenvalue weighted by Gasteiger charge is -2.45. The van der Waals surface area contributed by atoms with Gasteiger partial charge in [-0.2, -0.15) is 0 Å². The number of ether oxygens (including phenoxy) is 1. The van der Waals surface area contributed by atoms with Gasteiger partial charge in [-0.15, -0.1) is 0 Å². The molecule has 7 unspecified atom stereocenters. The molecular formula is C62H58N2O. The molecule has 6 aliphatic carbocycles.